The van der Waals surface area contributed by atoms with Crippen molar-refractivity contribution < 1.29 is 19.8 Å². The first-order chi connectivity index (χ1) is 7.45. The van der Waals surface area contributed by atoms with Crippen molar-refractivity contribution in [2.24, 2.45) is 0 Å². The molecule has 1 atom stereocenters. The van der Waals surface area contributed by atoms with E-state index in [2.05, 4.69) is 24.3 Å². The second-order valence-electron chi connectivity index (χ2n) is 3.91. The maximum Gasteiger partial charge on any atom is 0.414 e. The van der Waals surface area contributed by atoms with Crippen LogP contribution in [0.15, 0.2) is 0 Å². The molecule has 1 aliphatic rings. The molecule has 0 aromatic carbocycles. The molecule has 6 heteroatoms. The van der Waals surface area contributed by atoms with Gasteiger partial charge < -0.3 is 20.4 Å². The molecule has 1 heterocycles. The molecule has 1 saturated heterocycles. The van der Waals surface area contributed by atoms with Crippen molar-refractivity contribution in [3.8, 4) is 0 Å². The summed E-state index contributed by atoms with van der Waals surface area (Å²) in [5, 5.41) is 18.2. The molecule has 16 heavy (non-hydrogen) atoms. The Morgan fingerprint density at radius 2 is 1.69 bits per heavy atom. The molecular formula is C10H20N2O4. The zero-order valence-corrected chi connectivity index (χ0v) is 9.77. The fourth-order valence-corrected chi connectivity index (χ4v) is 1.52. The molecule has 6 nitrogen and oxygen atoms in total. The average molecular weight is 232 g/mol. The minimum absolute atomic E-state index is 0.815. The van der Waals surface area contributed by atoms with E-state index >= 15 is 0 Å². The number of carboxylic acid groups (broad SMARTS) is 2. The molecule has 0 amide bonds. The monoisotopic (exact) mass is 232 g/mol. The van der Waals surface area contributed by atoms with Gasteiger partial charge in [-0.05, 0) is 46.4 Å². The fourth-order valence-electron chi connectivity index (χ4n) is 1.52. The van der Waals surface area contributed by atoms with Gasteiger partial charge in [-0.2, -0.15) is 0 Å². The first kappa shape index (κ1) is 14.9. The van der Waals surface area contributed by atoms with E-state index < -0.39 is 11.9 Å². The van der Waals surface area contributed by atoms with Gasteiger partial charge in [0.1, 0.15) is 0 Å². The minimum atomic E-state index is -1.82. The van der Waals surface area contributed by atoms with Crippen LogP contribution in [0.1, 0.15) is 19.3 Å². The summed E-state index contributed by atoms with van der Waals surface area (Å²) in [4.78, 5) is 20.5. The third-order valence-electron chi connectivity index (χ3n) is 2.46. The zero-order chi connectivity index (χ0) is 12.6. The Morgan fingerprint density at radius 3 is 2.12 bits per heavy atom. The fraction of sp³-hybridized carbons (Fsp3) is 0.800. The topological polar surface area (TPSA) is 89.9 Å². The van der Waals surface area contributed by atoms with Crippen LogP contribution in [0.4, 0.5) is 0 Å². The van der Waals surface area contributed by atoms with E-state index in [0.717, 1.165) is 6.04 Å². The summed E-state index contributed by atoms with van der Waals surface area (Å²) in [7, 11) is 4.35. The van der Waals surface area contributed by atoms with Gasteiger partial charge in [0.15, 0.2) is 0 Å². The van der Waals surface area contributed by atoms with Gasteiger partial charge >= 0.3 is 11.9 Å². The first-order valence-electron chi connectivity index (χ1n) is 5.28. The molecule has 1 fully saturated rings. The van der Waals surface area contributed by atoms with Gasteiger partial charge in [0.05, 0.1) is 0 Å². The van der Waals surface area contributed by atoms with E-state index in [1.807, 2.05) is 0 Å². The van der Waals surface area contributed by atoms with E-state index in [0.29, 0.717) is 0 Å². The van der Waals surface area contributed by atoms with Crippen molar-refractivity contribution in [1.29, 1.82) is 0 Å². The predicted molar refractivity (Wildman–Crippen MR) is 59.5 cm³/mol. The lowest BCUT2D eigenvalue weighted by Gasteiger charge is -2.21. The molecule has 0 aromatic heterocycles. The Hall–Kier alpha value is -1.14. The van der Waals surface area contributed by atoms with Crippen LogP contribution in [0.2, 0.25) is 0 Å². The van der Waals surface area contributed by atoms with Crippen LogP contribution in [0.3, 0.4) is 0 Å². The van der Waals surface area contributed by atoms with Crippen LogP contribution in [-0.2, 0) is 9.59 Å². The number of nitrogens with zero attached hydrogens (tertiary/aromatic N) is 1. The normalized spacial score (nSPS) is 20.6. The first-order valence-corrected chi connectivity index (χ1v) is 5.28. The van der Waals surface area contributed by atoms with Crippen molar-refractivity contribution >= 4 is 11.9 Å². The van der Waals surface area contributed by atoms with Gasteiger partial charge in [0, 0.05) is 6.04 Å². The summed E-state index contributed by atoms with van der Waals surface area (Å²) in [6.07, 6.45) is 4.01. The third kappa shape index (κ3) is 7.19. The number of aliphatic carboxylic acids is 2. The van der Waals surface area contributed by atoms with Crippen molar-refractivity contribution in [3.05, 3.63) is 0 Å². The molecule has 3 N–H and O–H groups in total. The molecular weight excluding hydrogens is 212 g/mol. The summed E-state index contributed by atoms with van der Waals surface area (Å²) >= 11 is 0. The highest BCUT2D eigenvalue weighted by Crippen LogP contribution is 2.09. The predicted octanol–water partition coefficient (Wildman–Crippen LogP) is -0.154. The van der Waals surface area contributed by atoms with Gasteiger partial charge in [-0.3, -0.25) is 0 Å². The number of hydrogen-bond acceptors (Lipinski definition) is 4. The van der Waals surface area contributed by atoms with Crippen LogP contribution in [0.25, 0.3) is 0 Å². The highest BCUT2D eigenvalue weighted by molar-refractivity contribution is 6.27. The molecule has 94 valence electrons. The number of nitrogens with one attached hydrogen (secondary N) is 1. The lowest BCUT2D eigenvalue weighted by Crippen LogP contribution is -2.28. The van der Waals surface area contributed by atoms with Gasteiger partial charge in [-0.25, -0.2) is 9.59 Å². The van der Waals surface area contributed by atoms with E-state index in [9.17, 15) is 0 Å². The van der Waals surface area contributed by atoms with Crippen molar-refractivity contribution in [1.82, 2.24) is 10.2 Å². The summed E-state index contributed by atoms with van der Waals surface area (Å²) in [6.45, 7) is 2.41. The van der Waals surface area contributed by atoms with Crippen molar-refractivity contribution in [2.45, 2.75) is 25.3 Å². The number of carboxylic acids is 2. The van der Waals surface area contributed by atoms with E-state index in [1.165, 1.54) is 32.4 Å². The molecule has 0 radical (unpaired) electrons. The lowest BCUT2D eigenvalue weighted by atomic mass is 10.1. The molecule has 0 spiro atoms. The molecule has 0 aromatic rings. The van der Waals surface area contributed by atoms with Crippen molar-refractivity contribution in [3.63, 3.8) is 0 Å². The van der Waals surface area contributed by atoms with Crippen LogP contribution in [0.5, 0.6) is 0 Å². The van der Waals surface area contributed by atoms with Gasteiger partial charge in [-0.15, -0.1) is 0 Å². The highest BCUT2D eigenvalue weighted by atomic mass is 16.4. The maximum atomic E-state index is 9.10. The highest BCUT2D eigenvalue weighted by Gasteiger charge is 2.12. The summed E-state index contributed by atoms with van der Waals surface area (Å²) in [5.74, 6) is -3.65. The largest absolute Gasteiger partial charge is 0.473 e. The van der Waals surface area contributed by atoms with E-state index in [1.54, 1.807) is 0 Å². The Bertz CT molecular complexity index is 211. The number of carbonyl (C=O) groups is 2. The molecule has 0 unspecified atom stereocenters. The van der Waals surface area contributed by atoms with E-state index in [4.69, 9.17) is 19.8 Å². The molecule has 1 aliphatic heterocycles. The Kier molecular flexibility index (Phi) is 7.49. The smallest absolute Gasteiger partial charge is 0.414 e. The Labute approximate surface area is 95.2 Å². The second kappa shape index (κ2) is 8.06. The summed E-state index contributed by atoms with van der Waals surface area (Å²) in [6, 6.07) is 0.815. The summed E-state index contributed by atoms with van der Waals surface area (Å²) < 4.78 is 0. The number of hydrogen-bond donors (Lipinski definition) is 3. The third-order valence-corrected chi connectivity index (χ3v) is 2.46. The lowest BCUT2D eigenvalue weighted by molar-refractivity contribution is -0.159. The SMILES string of the molecule is CN(C)[C@H]1CCCNCC1.O=C(O)C(=O)O. The molecule has 0 bridgehead atoms. The Morgan fingerprint density at radius 1 is 1.12 bits per heavy atom. The number of rotatable bonds is 1. The summed E-state index contributed by atoms with van der Waals surface area (Å²) in [5.41, 5.74) is 0. The maximum absolute atomic E-state index is 9.10. The quantitative estimate of drug-likeness (QED) is 0.545. The van der Waals surface area contributed by atoms with Crippen LogP contribution >= 0.6 is 0 Å². The van der Waals surface area contributed by atoms with Crippen LogP contribution < -0.4 is 5.32 Å². The average Bonchev–Trinajstić information content (AvgIpc) is 2.46. The minimum Gasteiger partial charge on any atom is -0.473 e. The molecule has 0 saturated carbocycles. The van der Waals surface area contributed by atoms with Crippen LogP contribution in [-0.4, -0.2) is 60.3 Å². The standard InChI is InChI=1S/C8H18N2.C2H2O4/c1-10(2)8-4-3-6-9-7-5-8;3-1(4)2(5)6/h8-9H,3-7H2,1-2H3;(H,3,4)(H,5,6)/t8-;/m0./s1. The van der Waals surface area contributed by atoms with Gasteiger partial charge in [-0.1, -0.05) is 0 Å². The van der Waals surface area contributed by atoms with Gasteiger partial charge in [0.25, 0.3) is 0 Å². The molecule has 1 rings (SSSR count). The van der Waals surface area contributed by atoms with Gasteiger partial charge in [0.2, 0.25) is 0 Å². The molecule has 0 aliphatic carbocycles. The van der Waals surface area contributed by atoms with E-state index in [-0.39, 0.29) is 0 Å². The van der Waals surface area contributed by atoms with Crippen LogP contribution in [0, 0.1) is 0 Å². The second-order valence-corrected chi connectivity index (χ2v) is 3.91. The van der Waals surface area contributed by atoms with Crippen molar-refractivity contribution in [2.75, 3.05) is 27.2 Å². The zero-order valence-electron chi connectivity index (χ0n) is 9.77. The Balaban J connectivity index is 0.000000325.